The first-order valence-corrected chi connectivity index (χ1v) is 5.69. The van der Waals surface area contributed by atoms with Crippen molar-refractivity contribution < 1.29 is 13.2 Å². The first-order valence-electron chi connectivity index (χ1n) is 5.69. The van der Waals surface area contributed by atoms with Crippen LogP contribution in [0, 0.1) is 11.6 Å². The van der Waals surface area contributed by atoms with Gasteiger partial charge in [-0.1, -0.05) is 13.8 Å². The van der Waals surface area contributed by atoms with E-state index in [1.807, 2.05) is 13.8 Å². The van der Waals surface area contributed by atoms with Crippen molar-refractivity contribution in [2.75, 3.05) is 0 Å². The Morgan fingerprint density at radius 2 is 2.11 bits per heavy atom. The second-order valence-electron chi connectivity index (χ2n) is 4.29. The maximum atomic E-state index is 13.6. The molecule has 0 aliphatic carbocycles. The molecule has 18 heavy (non-hydrogen) atoms. The minimum absolute atomic E-state index is 0.217. The molecule has 0 bridgehead atoms. The summed E-state index contributed by atoms with van der Waals surface area (Å²) in [5, 5.41) is 3.17. The van der Waals surface area contributed by atoms with Crippen molar-refractivity contribution in [3.63, 3.8) is 0 Å². The summed E-state index contributed by atoms with van der Waals surface area (Å²) < 4.78 is 31.7. The minimum atomic E-state index is -0.655. The van der Waals surface area contributed by atoms with Gasteiger partial charge in [-0.05, 0) is 12.1 Å². The molecule has 0 saturated carbocycles. The molecule has 0 aliphatic rings. The van der Waals surface area contributed by atoms with Gasteiger partial charge in [0, 0.05) is 18.7 Å². The second kappa shape index (κ2) is 5.27. The van der Waals surface area contributed by atoms with Crippen LogP contribution in [0.4, 0.5) is 8.78 Å². The highest BCUT2D eigenvalue weighted by Gasteiger charge is 2.15. The third kappa shape index (κ3) is 2.73. The van der Waals surface area contributed by atoms with Crippen molar-refractivity contribution in [3.05, 3.63) is 41.9 Å². The normalized spacial score (nSPS) is 11.2. The van der Waals surface area contributed by atoms with E-state index in [-0.39, 0.29) is 11.6 Å². The summed E-state index contributed by atoms with van der Waals surface area (Å²) in [5.74, 6) is -0.934. The molecule has 2 aromatic rings. The predicted molar refractivity (Wildman–Crippen MR) is 63.8 cm³/mol. The summed E-state index contributed by atoms with van der Waals surface area (Å²) in [7, 11) is 0. The molecule has 5 heteroatoms. The Bertz CT molecular complexity index is 538. The monoisotopic (exact) mass is 252 g/mol. The average molecular weight is 252 g/mol. The van der Waals surface area contributed by atoms with Gasteiger partial charge in [0.25, 0.3) is 0 Å². The first-order chi connectivity index (χ1) is 8.58. The largest absolute Gasteiger partial charge is 0.443 e. The summed E-state index contributed by atoms with van der Waals surface area (Å²) in [6, 6.07) is 3.66. The Morgan fingerprint density at radius 1 is 1.33 bits per heavy atom. The van der Waals surface area contributed by atoms with Crippen LogP contribution in [0.15, 0.2) is 29.0 Å². The lowest BCUT2D eigenvalue weighted by molar-refractivity contribution is 0.549. The van der Waals surface area contributed by atoms with Gasteiger partial charge in [-0.25, -0.2) is 13.8 Å². The van der Waals surface area contributed by atoms with Crippen LogP contribution < -0.4 is 5.32 Å². The molecule has 0 unspecified atom stereocenters. The van der Waals surface area contributed by atoms with Gasteiger partial charge in [-0.15, -0.1) is 0 Å². The number of nitrogens with one attached hydrogen (secondary N) is 1. The lowest BCUT2D eigenvalue weighted by Crippen LogP contribution is -2.22. The van der Waals surface area contributed by atoms with Gasteiger partial charge in [0.1, 0.15) is 17.3 Å². The maximum Gasteiger partial charge on any atom is 0.181 e. The van der Waals surface area contributed by atoms with Crippen LogP contribution in [-0.2, 0) is 6.54 Å². The van der Waals surface area contributed by atoms with E-state index in [0.717, 1.165) is 6.07 Å². The molecule has 0 fully saturated rings. The Kier molecular flexibility index (Phi) is 3.72. The molecule has 96 valence electrons. The Morgan fingerprint density at radius 3 is 2.78 bits per heavy atom. The molecule has 0 amide bonds. The molecular weight excluding hydrogens is 238 g/mol. The van der Waals surface area contributed by atoms with Crippen LogP contribution in [0.3, 0.4) is 0 Å². The highest BCUT2D eigenvalue weighted by molar-refractivity contribution is 5.60. The molecule has 1 N–H and O–H groups in total. The van der Waals surface area contributed by atoms with Crippen LogP contribution in [0.2, 0.25) is 0 Å². The highest BCUT2D eigenvalue weighted by Crippen LogP contribution is 2.26. The van der Waals surface area contributed by atoms with Crippen LogP contribution in [0.1, 0.15) is 19.5 Å². The quantitative estimate of drug-likeness (QED) is 0.908. The molecule has 0 radical (unpaired) electrons. The van der Waals surface area contributed by atoms with E-state index >= 15 is 0 Å². The molecule has 0 atom stereocenters. The zero-order valence-corrected chi connectivity index (χ0v) is 10.2. The average Bonchev–Trinajstić information content (AvgIpc) is 2.74. The van der Waals surface area contributed by atoms with Crippen molar-refractivity contribution in [2.45, 2.75) is 26.4 Å². The molecule has 0 spiro atoms. The van der Waals surface area contributed by atoms with Crippen LogP contribution >= 0.6 is 0 Å². The van der Waals surface area contributed by atoms with Crippen molar-refractivity contribution in [1.82, 2.24) is 10.3 Å². The van der Waals surface area contributed by atoms with Gasteiger partial charge in [-0.2, -0.15) is 0 Å². The zero-order valence-electron chi connectivity index (χ0n) is 10.2. The molecule has 1 aromatic carbocycles. The number of halogens is 2. The summed E-state index contributed by atoms with van der Waals surface area (Å²) >= 11 is 0. The molecule has 1 aromatic heterocycles. The lowest BCUT2D eigenvalue weighted by Gasteiger charge is -2.07. The lowest BCUT2D eigenvalue weighted by atomic mass is 10.1. The molecule has 0 saturated heterocycles. The van der Waals surface area contributed by atoms with Gasteiger partial charge < -0.3 is 9.73 Å². The van der Waals surface area contributed by atoms with Gasteiger partial charge in [0.05, 0.1) is 5.56 Å². The van der Waals surface area contributed by atoms with E-state index in [9.17, 15) is 8.78 Å². The fourth-order valence-corrected chi connectivity index (χ4v) is 1.59. The Labute approximate surface area is 104 Å². The minimum Gasteiger partial charge on any atom is -0.443 e. The van der Waals surface area contributed by atoms with Gasteiger partial charge in [0.15, 0.2) is 12.2 Å². The van der Waals surface area contributed by atoms with Crippen LogP contribution in [-0.4, -0.2) is 11.0 Å². The Hall–Kier alpha value is -1.75. The second-order valence-corrected chi connectivity index (χ2v) is 4.29. The van der Waals surface area contributed by atoms with Gasteiger partial charge in [0.2, 0.25) is 0 Å². The number of aromatic nitrogens is 1. The molecule has 2 rings (SSSR count). The standard InChI is InChI=1S/C13H14F2N2O/c1-8(2)16-6-12-13(18-7-17-12)10-4-3-9(14)5-11(10)15/h3-5,7-8,16H,6H2,1-2H3. The number of rotatable bonds is 4. The van der Waals surface area contributed by atoms with E-state index in [0.29, 0.717) is 18.0 Å². The summed E-state index contributed by atoms with van der Waals surface area (Å²) in [4.78, 5) is 4.04. The molecule has 3 nitrogen and oxygen atoms in total. The van der Waals surface area contributed by atoms with E-state index in [4.69, 9.17) is 4.42 Å². The summed E-state index contributed by atoms with van der Waals surface area (Å²) in [6.07, 6.45) is 1.26. The van der Waals surface area contributed by atoms with E-state index < -0.39 is 11.6 Å². The number of nitrogens with zero attached hydrogens (tertiary/aromatic N) is 1. The van der Waals surface area contributed by atoms with Crippen LogP contribution in [0.25, 0.3) is 11.3 Å². The smallest absolute Gasteiger partial charge is 0.181 e. The van der Waals surface area contributed by atoms with E-state index in [1.54, 1.807) is 0 Å². The topological polar surface area (TPSA) is 38.1 Å². The first kappa shape index (κ1) is 12.7. The molecule has 1 heterocycles. The van der Waals surface area contributed by atoms with Gasteiger partial charge in [-0.3, -0.25) is 0 Å². The van der Waals surface area contributed by atoms with Gasteiger partial charge >= 0.3 is 0 Å². The number of hydrogen-bond acceptors (Lipinski definition) is 3. The van der Waals surface area contributed by atoms with Crippen molar-refractivity contribution in [2.24, 2.45) is 0 Å². The molecule has 0 aliphatic heterocycles. The van der Waals surface area contributed by atoms with Crippen molar-refractivity contribution in [3.8, 4) is 11.3 Å². The maximum absolute atomic E-state index is 13.6. The van der Waals surface area contributed by atoms with E-state index in [2.05, 4.69) is 10.3 Å². The number of oxazole rings is 1. The fraction of sp³-hybridized carbons (Fsp3) is 0.308. The zero-order chi connectivity index (χ0) is 13.1. The van der Waals surface area contributed by atoms with E-state index in [1.165, 1.54) is 18.5 Å². The fourth-order valence-electron chi connectivity index (χ4n) is 1.59. The molecular formula is C13H14F2N2O. The SMILES string of the molecule is CC(C)NCc1ncoc1-c1ccc(F)cc1F. The van der Waals surface area contributed by atoms with Crippen molar-refractivity contribution >= 4 is 0 Å². The van der Waals surface area contributed by atoms with Crippen LogP contribution in [0.5, 0.6) is 0 Å². The highest BCUT2D eigenvalue weighted by atomic mass is 19.1. The number of hydrogen-bond donors (Lipinski definition) is 1. The Balaban J connectivity index is 2.30. The predicted octanol–water partition coefficient (Wildman–Crippen LogP) is 3.12. The third-order valence-corrected chi connectivity index (χ3v) is 2.49. The summed E-state index contributed by atoms with van der Waals surface area (Å²) in [5.41, 5.74) is 0.823. The summed E-state index contributed by atoms with van der Waals surface area (Å²) in [6.45, 7) is 4.47. The van der Waals surface area contributed by atoms with Crippen molar-refractivity contribution in [1.29, 1.82) is 0 Å². The third-order valence-electron chi connectivity index (χ3n) is 2.49. The number of benzene rings is 1.